The predicted octanol–water partition coefficient (Wildman–Crippen LogP) is 3.19. The van der Waals surface area contributed by atoms with Crippen molar-refractivity contribution < 1.29 is 4.79 Å². The van der Waals surface area contributed by atoms with E-state index in [2.05, 4.69) is 15.6 Å². The Bertz CT molecular complexity index is 1080. The molecule has 27 heavy (non-hydrogen) atoms. The summed E-state index contributed by atoms with van der Waals surface area (Å²) in [5.74, 6) is -0.447. The van der Waals surface area contributed by atoms with Crippen LogP contribution in [0.3, 0.4) is 0 Å². The number of hydrogen-bond donors (Lipinski definition) is 1. The zero-order valence-electron chi connectivity index (χ0n) is 15.7. The third-order valence-electron chi connectivity index (χ3n) is 4.32. The van der Waals surface area contributed by atoms with E-state index in [0.717, 1.165) is 23.1 Å². The van der Waals surface area contributed by atoms with Gasteiger partial charge in [-0.25, -0.2) is 10.1 Å². The van der Waals surface area contributed by atoms with Crippen LogP contribution in [0, 0.1) is 13.8 Å². The van der Waals surface area contributed by atoms with Crippen LogP contribution < -0.4 is 11.0 Å². The number of benzene rings is 2. The fourth-order valence-electron chi connectivity index (χ4n) is 2.88. The Hall–Kier alpha value is -3.28. The summed E-state index contributed by atoms with van der Waals surface area (Å²) in [5, 5.41) is 9.34. The Labute approximate surface area is 157 Å². The molecule has 0 aliphatic carbocycles. The maximum absolute atomic E-state index is 12.7. The second-order valence-electron chi connectivity index (χ2n) is 6.48. The molecule has 0 spiro atoms. The van der Waals surface area contributed by atoms with Gasteiger partial charge in [0.15, 0.2) is 5.69 Å². The van der Waals surface area contributed by atoms with E-state index in [-0.39, 0.29) is 11.3 Å². The van der Waals surface area contributed by atoms with Crippen LogP contribution in [0.15, 0.2) is 52.4 Å². The zero-order valence-corrected chi connectivity index (χ0v) is 15.7. The zero-order chi connectivity index (χ0) is 19.4. The van der Waals surface area contributed by atoms with Crippen molar-refractivity contribution in [2.45, 2.75) is 33.7 Å². The first-order chi connectivity index (χ1) is 13.0. The molecule has 6 nitrogen and oxygen atoms in total. The van der Waals surface area contributed by atoms with Gasteiger partial charge < -0.3 is 0 Å². The Kier molecular flexibility index (Phi) is 5.45. The molecule has 0 fully saturated rings. The van der Waals surface area contributed by atoms with Gasteiger partial charge in [0.2, 0.25) is 0 Å². The van der Waals surface area contributed by atoms with E-state index in [4.69, 9.17) is 0 Å². The molecular formula is C21H22N4O2. The lowest BCUT2D eigenvalue weighted by atomic mass is 10.1. The lowest BCUT2D eigenvalue weighted by Gasteiger charge is -2.09. The van der Waals surface area contributed by atoms with Gasteiger partial charge in [-0.2, -0.15) is 10.2 Å². The minimum Gasteiger partial charge on any atom is -0.267 e. The fraction of sp³-hybridized carbons (Fsp3) is 0.238. The summed E-state index contributed by atoms with van der Waals surface area (Å²) in [7, 11) is 0. The average molecular weight is 362 g/mol. The lowest BCUT2D eigenvalue weighted by Crippen LogP contribution is -2.29. The Morgan fingerprint density at radius 3 is 2.67 bits per heavy atom. The summed E-state index contributed by atoms with van der Waals surface area (Å²) in [6.07, 6.45) is 2.36. The molecule has 3 aromatic rings. The molecule has 1 amide bonds. The summed E-state index contributed by atoms with van der Waals surface area (Å²) in [5.41, 5.74) is 5.65. The highest BCUT2D eigenvalue weighted by molar-refractivity contribution is 6.05. The molecule has 138 valence electrons. The Morgan fingerprint density at radius 1 is 1.19 bits per heavy atom. The molecular weight excluding hydrogens is 340 g/mol. The SMILES string of the molecule is CCCn1nc(C(=O)N/N=C\c2cc(C)ccc2C)c2ccccc2c1=O. The third kappa shape index (κ3) is 3.95. The number of nitrogens with zero attached hydrogens (tertiary/aromatic N) is 3. The fourth-order valence-corrected chi connectivity index (χ4v) is 2.88. The highest BCUT2D eigenvalue weighted by Crippen LogP contribution is 2.13. The monoisotopic (exact) mass is 362 g/mol. The van der Waals surface area contributed by atoms with Crippen molar-refractivity contribution >= 4 is 22.9 Å². The van der Waals surface area contributed by atoms with E-state index in [1.807, 2.05) is 39.0 Å². The second-order valence-corrected chi connectivity index (χ2v) is 6.48. The van der Waals surface area contributed by atoms with Gasteiger partial charge in [0.1, 0.15) is 0 Å². The molecule has 0 saturated carbocycles. The highest BCUT2D eigenvalue weighted by Gasteiger charge is 2.16. The van der Waals surface area contributed by atoms with E-state index in [1.54, 1.807) is 30.5 Å². The number of fused-ring (bicyclic) bond motifs is 1. The summed E-state index contributed by atoms with van der Waals surface area (Å²) >= 11 is 0. The molecule has 0 aliphatic rings. The normalized spacial score (nSPS) is 11.2. The van der Waals surface area contributed by atoms with Crippen LogP contribution in [-0.4, -0.2) is 21.9 Å². The molecule has 6 heteroatoms. The molecule has 1 N–H and O–H groups in total. The quantitative estimate of drug-likeness (QED) is 0.559. The standard InChI is InChI=1S/C21H22N4O2/c1-4-11-25-21(27)18-8-6-5-7-17(18)19(24-25)20(26)23-22-13-16-12-14(2)9-10-15(16)3/h5-10,12-13H,4,11H2,1-3H3,(H,23,26)/b22-13-. The molecule has 0 saturated heterocycles. The van der Waals surface area contributed by atoms with E-state index >= 15 is 0 Å². The summed E-state index contributed by atoms with van der Waals surface area (Å²) in [6, 6.07) is 13.0. The number of hydrazone groups is 1. The number of hydrogen-bond acceptors (Lipinski definition) is 4. The minimum atomic E-state index is -0.447. The maximum atomic E-state index is 12.7. The maximum Gasteiger partial charge on any atom is 0.292 e. The van der Waals surface area contributed by atoms with Crippen molar-refractivity contribution in [3.63, 3.8) is 0 Å². The number of amides is 1. The van der Waals surface area contributed by atoms with Crippen molar-refractivity contribution in [1.29, 1.82) is 0 Å². The molecule has 1 heterocycles. The summed E-state index contributed by atoms with van der Waals surface area (Å²) < 4.78 is 1.34. The molecule has 0 bridgehead atoms. The molecule has 0 aliphatic heterocycles. The molecule has 0 atom stereocenters. The smallest absolute Gasteiger partial charge is 0.267 e. The molecule has 0 unspecified atom stereocenters. The van der Waals surface area contributed by atoms with E-state index in [1.165, 1.54) is 4.68 Å². The number of rotatable bonds is 5. The van der Waals surface area contributed by atoms with Crippen molar-refractivity contribution in [1.82, 2.24) is 15.2 Å². The van der Waals surface area contributed by atoms with Gasteiger partial charge in [0.05, 0.1) is 11.6 Å². The van der Waals surface area contributed by atoms with Gasteiger partial charge in [-0.1, -0.05) is 48.9 Å². The van der Waals surface area contributed by atoms with Crippen LogP contribution in [0.25, 0.3) is 10.8 Å². The van der Waals surface area contributed by atoms with Crippen molar-refractivity contribution in [2.75, 3.05) is 0 Å². The number of nitrogens with one attached hydrogen (secondary N) is 1. The first kappa shape index (κ1) is 18.5. The van der Waals surface area contributed by atoms with E-state index in [9.17, 15) is 9.59 Å². The lowest BCUT2D eigenvalue weighted by molar-refractivity contribution is 0.0949. The topological polar surface area (TPSA) is 76.3 Å². The Balaban J connectivity index is 1.93. The van der Waals surface area contributed by atoms with Gasteiger partial charge in [-0.05, 0) is 37.5 Å². The highest BCUT2D eigenvalue weighted by atomic mass is 16.2. The number of carbonyl (C=O) groups excluding carboxylic acids is 1. The first-order valence-corrected chi connectivity index (χ1v) is 8.91. The number of aromatic nitrogens is 2. The largest absolute Gasteiger partial charge is 0.292 e. The average Bonchev–Trinajstić information content (AvgIpc) is 2.67. The van der Waals surface area contributed by atoms with Crippen LogP contribution >= 0.6 is 0 Å². The number of carbonyl (C=O) groups is 1. The van der Waals surface area contributed by atoms with E-state index in [0.29, 0.717) is 17.3 Å². The van der Waals surface area contributed by atoms with Crippen LogP contribution in [0.2, 0.25) is 0 Å². The molecule has 3 rings (SSSR count). The molecule has 0 radical (unpaired) electrons. The number of aryl methyl sites for hydroxylation is 3. The molecule has 2 aromatic carbocycles. The first-order valence-electron chi connectivity index (χ1n) is 8.91. The van der Waals surface area contributed by atoms with Crippen molar-refractivity contribution in [2.24, 2.45) is 5.10 Å². The summed E-state index contributed by atoms with van der Waals surface area (Å²) in [6.45, 7) is 6.40. The van der Waals surface area contributed by atoms with Gasteiger partial charge in [-0.3, -0.25) is 9.59 Å². The van der Waals surface area contributed by atoms with Crippen LogP contribution in [-0.2, 0) is 6.54 Å². The Morgan fingerprint density at radius 2 is 1.93 bits per heavy atom. The predicted molar refractivity (Wildman–Crippen MR) is 107 cm³/mol. The van der Waals surface area contributed by atoms with Gasteiger partial charge in [0, 0.05) is 11.9 Å². The van der Waals surface area contributed by atoms with Gasteiger partial charge in [0.25, 0.3) is 11.5 Å². The minimum absolute atomic E-state index is 0.191. The van der Waals surface area contributed by atoms with Crippen LogP contribution in [0.1, 0.15) is 40.5 Å². The van der Waals surface area contributed by atoms with E-state index < -0.39 is 5.91 Å². The second kappa shape index (κ2) is 7.95. The van der Waals surface area contributed by atoms with Gasteiger partial charge in [-0.15, -0.1) is 0 Å². The van der Waals surface area contributed by atoms with Crippen molar-refractivity contribution in [3.05, 3.63) is 75.2 Å². The van der Waals surface area contributed by atoms with Crippen LogP contribution in [0.5, 0.6) is 0 Å². The van der Waals surface area contributed by atoms with Crippen molar-refractivity contribution in [3.8, 4) is 0 Å². The third-order valence-corrected chi connectivity index (χ3v) is 4.32. The van der Waals surface area contributed by atoms with Gasteiger partial charge >= 0.3 is 0 Å². The van der Waals surface area contributed by atoms with Crippen LogP contribution in [0.4, 0.5) is 0 Å². The summed E-state index contributed by atoms with van der Waals surface area (Å²) in [4.78, 5) is 25.2. The molecule has 1 aromatic heterocycles.